The van der Waals surface area contributed by atoms with Gasteiger partial charge in [0.05, 0.1) is 4.92 Å². The molecule has 1 fully saturated rings. The predicted octanol–water partition coefficient (Wildman–Crippen LogP) is 2.32. The standard InChI is InChI=1S/C20H24N4O3/c1-15-4-2-3-5-17(15)13-22-8-10-23(11-9-22)14-18-7-6-16(20(21)25)12-19(18)24(26)27/h2-7,12H,8-11,13-14H2,1H3,(H2,21,25). The summed E-state index contributed by atoms with van der Waals surface area (Å²) >= 11 is 0. The zero-order valence-electron chi connectivity index (χ0n) is 15.4. The average molecular weight is 368 g/mol. The Morgan fingerprint density at radius 1 is 1.04 bits per heavy atom. The van der Waals surface area contributed by atoms with Crippen molar-refractivity contribution in [1.29, 1.82) is 0 Å². The molecule has 2 aromatic rings. The highest BCUT2D eigenvalue weighted by Gasteiger charge is 2.22. The summed E-state index contributed by atoms with van der Waals surface area (Å²) in [6, 6.07) is 12.9. The third kappa shape index (κ3) is 4.69. The smallest absolute Gasteiger partial charge is 0.274 e. The van der Waals surface area contributed by atoms with Crippen molar-refractivity contribution >= 4 is 11.6 Å². The summed E-state index contributed by atoms with van der Waals surface area (Å²) in [6.07, 6.45) is 0. The van der Waals surface area contributed by atoms with Crippen LogP contribution in [-0.4, -0.2) is 46.8 Å². The molecule has 3 rings (SSSR count). The van der Waals surface area contributed by atoms with Gasteiger partial charge in [0, 0.05) is 56.5 Å². The van der Waals surface area contributed by atoms with Gasteiger partial charge in [-0.2, -0.15) is 0 Å². The molecule has 0 aliphatic carbocycles. The Labute approximate surface area is 158 Å². The molecule has 0 saturated carbocycles. The quantitative estimate of drug-likeness (QED) is 0.624. The second-order valence-corrected chi connectivity index (χ2v) is 6.94. The zero-order valence-corrected chi connectivity index (χ0v) is 15.4. The molecular formula is C20H24N4O3. The van der Waals surface area contributed by atoms with Gasteiger partial charge in [-0.15, -0.1) is 0 Å². The van der Waals surface area contributed by atoms with E-state index in [9.17, 15) is 14.9 Å². The number of nitrogens with two attached hydrogens (primary N) is 1. The van der Waals surface area contributed by atoms with Gasteiger partial charge in [-0.05, 0) is 24.1 Å². The van der Waals surface area contributed by atoms with E-state index < -0.39 is 10.8 Å². The van der Waals surface area contributed by atoms with Gasteiger partial charge in [0.15, 0.2) is 0 Å². The molecule has 1 aliphatic rings. The van der Waals surface area contributed by atoms with Gasteiger partial charge in [-0.3, -0.25) is 24.7 Å². The van der Waals surface area contributed by atoms with Crippen LogP contribution in [0.5, 0.6) is 0 Å². The maximum Gasteiger partial charge on any atom is 0.274 e. The van der Waals surface area contributed by atoms with E-state index in [1.54, 1.807) is 12.1 Å². The summed E-state index contributed by atoms with van der Waals surface area (Å²) in [6.45, 7) is 7.08. The van der Waals surface area contributed by atoms with Crippen LogP contribution in [0.3, 0.4) is 0 Å². The van der Waals surface area contributed by atoms with Crippen LogP contribution in [-0.2, 0) is 13.1 Å². The topological polar surface area (TPSA) is 92.7 Å². The van der Waals surface area contributed by atoms with E-state index in [2.05, 4.69) is 34.9 Å². The molecular weight excluding hydrogens is 344 g/mol. The minimum Gasteiger partial charge on any atom is -0.366 e. The van der Waals surface area contributed by atoms with Crippen LogP contribution in [0, 0.1) is 17.0 Å². The second-order valence-electron chi connectivity index (χ2n) is 6.94. The Kier molecular flexibility index (Phi) is 5.83. The monoisotopic (exact) mass is 368 g/mol. The molecule has 2 N–H and O–H groups in total. The van der Waals surface area contributed by atoms with Crippen molar-refractivity contribution in [2.45, 2.75) is 20.0 Å². The largest absolute Gasteiger partial charge is 0.366 e. The van der Waals surface area contributed by atoms with Crippen LogP contribution in [0.4, 0.5) is 5.69 Å². The minimum atomic E-state index is -0.658. The van der Waals surface area contributed by atoms with Gasteiger partial charge in [0.2, 0.25) is 5.91 Å². The predicted molar refractivity (Wildman–Crippen MR) is 103 cm³/mol. The zero-order chi connectivity index (χ0) is 19.4. The summed E-state index contributed by atoms with van der Waals surface area (Å²) in [5.74, 6) is -0.658. The van der Waals surface area contributed by atoms with Gasteiger partial charge in [0.1, 0.15) is 0 Å². The van der Waals surface area contributed by atoms with E-state index in [4.69, 9.17) is 5.73 Å². The van der Waals surface area contributed by atoms with Crippen LogP contribution in [0.25, 0.3) is 0 Å². The first kappa shape index (κ1) is 19.0. The molecule has 1 heterocycles. The molecule has 0 atom stereocenters. The molecule has 7 heteroatoms. The molecule has 0 bridgehead atoms. The Morgan fingerprint density at radius 2 is 1.63 bits per heavy atom. The number of carbonyl (C=O) groups excluding carboxylic acids is 1. The maximum absolute atomic E-state index is 11.4. The van der Waals surface area contributed by atoms with Crippen LogP contribution < -0.4 is 5.73 Å². The molecule has 0 unspecified atom stereocenters. The molecule has 7 nitrogen and oxygen atoms in total. The lowest BCUT2D eigenvalue weighted by Gasteiger charge is -2.34. The van der Waals surface area contributed by atoms with E-state index in [1.807, 2.05) is 6.07 Å². The summed E-state index contributed by atoms with van der Waals surface area (Å²) in [7, 11) is 0. The number of carbonyl (C=O) groups is 1. The van der Waals surface area contributed by atoms with Crippen molar-refractivity contribution in [3.8, 4) is 0 Å². The molecule has 142 valence electrons. The van der Waals surface area contributed by atoms with Crippen LogP contribution in [0.15, 0.2) is 42.5 Å². The summed E-state index contributed by atoms with van der Waals surface area (Å²) in [5.41, 5.74) is 8.58. The number of benzene rings is 2. The van der Waals surface area contributed by atoms with E-state index in [0.717, 1.165) is 32.7 Å². The number of primary amides is 1. The van der Waals surface area contributed by atoms with Crippen LogP contribution in [0.2, 0.25) is 0 Å². The SMILES string of the molecule is Cc1ccccc1CN1CCN(Cc2ccc(C(N)=O)cc2[N+](=O)[O-])CC1. The number of hydrogen-bond donors (Lipinski definition) is 1. The number of rotatable bonds is 6. The fraction of sp³-hybridized carbons (Fsp3) is 0.350. The molecule has 27 heavy (non-hydrogen) atoms. The fourth-order valence-corrected chi connectivity index (χ4v) is 3.40. The van der Waals surface area contributed by atoms with Crippen molar-refractivity contribution < 1.29 is 9.72 Å². The number of nitro benzene ring substituents is 1. The maximum atomic E-state index is 11.4. The molecule has 2 aromatic carbocycles. The number of hydrogen-bond acceptors (Lipinski definition) is 5. The lowest BCUT2D eigenvalue weighted by Crippen LogP contribution is -2.45. The van der Waals surface area contributed by atoms with Crippen molar-refractivity contribution in [1.82, 2.24) is 9.80 Å². The van der Waals surface area contributed by atoms with Gasteiger partial charge in [-0.25, -0.2) is 0 Å². The number of amides is 1. The molecule has 0 spiro atoms. The van der Waals surface area contributed by atoms with E-state index in [-0.39, 0.29) is 11.3 Å². The first-order valence-electron chi connectivity index (χ1n) is 9.00. The normalized spacial score (nSPS) is 15.6. The highest BCUT2D eigenvalue weighted by atomic mass is 16.6. The molecule has 1 amide bonds. The Bertz CT molecular complexity index is 845. The lowest BCUT2D eigenvalue weighted by molar-refractivity contribution is -0.385. The third-order valence-electron chi connectivity index (χ3n) is 5.08. The summed E-state index contributed by atoms with van der Waals surface area (Å²) < 4.78 is 0. The van der Waals surface area contributed by atoms with E-state index in [1.165, 1.54) is 17.2 Å². The summed E-state index contributed by atoms with van der Waals surface area (Å²) in [5, 5.41) is 11.4. The number of nitro groups is 1. The van der Waals surface area contributed by atoms with Crippen molar-refractivity contribution in [2.75, 3.05) is 26.2 Å². The number of nitrogens with zero attached hydrogens (tertiary/aromatic N) is 3. The fourth-order valence-electron chi connectivity index (χ4n) is 3.40. The van der Waals surface area contributed by atoms with Crippen LogP contribution in [0.1, 0.15) is 27.0 Å². The highest BCUT2D eigenvalue weighted by Crippen LogP contribution is 2.23. The number of aryl methyl sites for hydroxylation is 1. The molecule has 1 aliphatic heterocycles. The molecule has 0 aromatic heterocycles. The van der Waals surface area contributed by atoms with Crippen molar-refractivity contribution in [2.24, 2.45) is 5.73 Å². The number of piperazine rings is 1. The first-order valence-corrected chi connectivity index (χ1v) is 9.00. The lowest BCUT2D eigenvalue weighted by atomic mass is 10.1. The Balaban J connectivity index is 1.61. The van der Waals surface area contributed by atoms with Crippen LogP contribution >= 0.6 is 0 Å². The van der Waals surface area contributed by atoms with Gasteiger partial charge < -0.3 is 5.73 Å². The molecule has 0 radical (unpaired) electrons. The Morgan fingerprint density at radius 3 is 2.19 bits per heavy atom. The highest BCUT2D eigenvalue weighted by molar-refractivity contribution is 5.93. The van der Waals surface area contributed by atoms with Crippen molar-refractivity contribution in [3.63, 3.8) is 0 Å². The van der Waals surface area contributed by atoms with Gasteiger partial charge in [-0.1, -0.05) is 30.3 Å². The van der Waals surface area contributed by atoms with E-state index in [0.29, 0.717) is 12.1 Å². The first-order chi connectivity index (χ1) is 12.9. The second kappa shape index (κ2) is 8.28. The van der Waals surface area contributed by atoms with Gasteiger partial charge >= 0.3 is 0 Å². The average Bonchev–Trinajstić information content (AvgIpc) is 2.65. The van der Waals surface area contributed by atoms with Gasteiger partial charge in [0.25, 0.3) is 5.69 Å². The minimum absolute atomic E-state index is 0.0476. The van der Waals surface area contributed by atoms with Crippen molar-refractivity contribution in [3.05, 3.63) is 74.8 Å². The third-order valence-corrected chi connectivity index (χ3v) is 5.08. The summed E-state index contributed by atoms with van der Waals surface area (Å²) in [4.78, 5) is 26.8. The molecule has 1 saturated heterocycles. The van der Waals surface area contributed by atoms with E-state index >= 15 is 0 Å². The Hall–Kier alpha value is -2.77.